The van der Waals surface area contributed by atoms with Gasteiger partial charge in [0.05, 0.1) is 11.1 Å². The molecule has 0 radical (unpaired) electrons. The molecule has 2 heterocycles. The van der Waals surface area contributed by atoms with Crippen LogP contribution in [0.15, 0.2) is 30.5 Å². The van der Waals surface area contributed by atoms with Crippen LogP contribution in [0.2, 0.25) is 0 Å². The Hall–Kier alpha value is -2.50. The maximum absolute atomic E-state index is 12.6. The zero-order valence-electron chi connectivity index (χ0n) is 12.7. The number of aromatic amines is 1. The van der Waals surface area contributed by atoms with E-state index >= 15 is 0 Å². The number of amides is 2. The lowest BCUT2D eigenvalue weighted by Gasteiger charge is -2.23. The highest BCUT2D eigenvalue weighted by Gasteiger charge is 2.55. The number of anilines is 1. The van der Waals surface area contributed by atoms with Crippen molar-refractivity contribution < 1.29 is 14.7 Å². The number of nitrogens with one attached hydrogen (secondary N) is 2. The minimum atomic E-state index is -0.761. The number of H-pyrrole nitrogens is 1. The third-order valence-corrected chi connectivity index (χ3v) is 5.42. The van der Waals surface area contributed by atoms with E-state index in [2.05, 4.69) is 10.3 Å². The van der Waals surface area contributed by atoms with Crippen LogP contribution in [-0.4, -0.2) is 40.1 Å². The van der Waals surface area contributed by atoms with Crippen LogP contribution in [0.5, 0.6) is 0 Å². The molecule has 1 aliphatic heterocycles. The number of aromatic nitrogens is 1. The first-order valence-electron chi connectivity index (χ1n) is 7.95. The first-order chi connectivity index (χ1) is 11.1. The summed E-state index contributed by atoms with van der Waals surface area (Å²) in [6.07, 6.45) is 4.34. The van der Waals surface area contributed by atoms with E-state index in [4.69, 9.17) is 0 Å². The van der Waals surface area contributed by atoms with Crippen LogP contribution in [0.25, 0.3) is 10.9 Å². The Morgan fingerprint density at radius 1 is 1.35 bits per heavy atom. The summed E-state index contributed by atoms with van der Waals surface area (Å²) in [5.41, 5.74) is 0.968. The van der Waals surface area contributed by atoms with Gasteiger partial charge in [-0.2, -0.15) is 0 Å². The highest BCUT2D eigenvalue weighted by atomic mass is 16.4. The number of nitrogens with zero attached hydrogens (tertiary/aromatic N) is 1. The average molecular weight is 313 g/mol. The summed E-state index contributed by atoms with van der Waals surface area (Å²) in [5.74, 6) is -0.683. The minimum absolute atomic E-state index is 0.0776. The predicted molar refractivity (Wildman–Crippen MR) is 86.3 cm³/mol. The monoisotopic (exact) mass is 313 g/mol. The van der Waals surface area contributed by atoms with E-state index in [-0.39, 0.29) is 11.9 Å². The highest BCUT2D eigenvalue weighted by molar-refractivity contribution is 6.01. The van der Waals surface area contributed by atoms with Gasteiger partial charge in [-0.3, -0.25) is 4.79 Å². The fraction of sp³-hybridized carbons (Fsp3) is 0.412. The summed E-state index contributed by atoms with van der Waals surface area (Å²) in [6.45, 7) is 0.837. The van der Waals surface area contributed by atoms with Crippen LogP contribution in [0.1, 0.15) is 19.3 Å². The van der Waals surface area contributed by atoms with E-state index in [0.29, 0.717) is 19.5 Å². The maximum Gasteiger partial charge on any atom is 0.321 e. The largest absolute Gasteiger partial charge is 0.481 e. The van der Waals surface area contributed by atoms with E-state index in [9.17, 15) is 14.7 Å². The molecule has 23 heavy (non-hydrogen) atoms. The SMILES string of the molecule is O=C(Nc1cccc2[nH]ccc12)N1C[C@@H]2CCC[C@@]2(C(=O)O)C1. The lowest BCUT2D eigenvalue weighted by Crippen LogP contribution is -2.38. The van der Waals surface area contributed by atoms with Gasteiger partial charge in [0, 0.05) is 30.2 Å². The van der Waals surface area contributed by atoms with E-state index in [1.165, 1.54) is 0 Å². The van der Waals surface area contributed by atoms with Gasteiger partial charge in [-0.15, -0.1) is 0 Å². The van der Waals surface area contributed by atoms with Crippen molar-refractivity contribution in [2.45, 2.75) is 19.3 Å². The van der Waals surface area contributed by atoms with Gasteiger partial charge in [-0.05, 0) is 37.0 Å². The number of carboxylic acid groups (broad SMARTS) is 1. The van der Waals surface area contributed by atoms with E-state index < -0.39 is 11.4 Å². The molecule has 4 rings (SSSR count). The number of fused-ring (bicyclic) bond motifs is 2. The smallest absolute Gasteiger partial charge is 0.321 e. The van der Waals surface area contributed by atoms with Crippen molar-refractivity contribution in [1.82, 2.24) is 9.88 Å². The van der Waals surface area contributed by atoms with Gasteiger partial charge >= 0.3 is 12.0 Å². The molecule has 1 aliphatic carbocycles. The first kappa shape index (κ1) is 14.1. The van der Waals surface area contributed by atoms with Crippen LogP contribution < -0.4 is 5.32 Å². The lowest BCUT2D eigenvalue weighted by atomic mass is 9.81. The van der Waals surface area contributed by atoms with Gasteiger partial charge in [-0.1, -0.05) is 12.5 Å². The number of carboxylic acids is 1. The number of hydrogen-bond acceptors (Lipinski definition) is 2. The van der Waals surface area contributed by atoms with Crippen LogP contribution in [-0.2, 0) is 4.79 Å². The molecule has 6 nitrogen and oxygen atoms in total. The molecule has 2 aromatic rings. The molecule has 2 fully saturated rings. The summed E-state index contributed by atoms with van der Waals surface area (Å²) < 4.78 is 0. The van der Waals surface area contributed by atoms with Crippen molar-refractivity contribution in [3.8, 4) is 0 Å². The zero-order valence-corrected chi connectivity index (χ0v) is 12.7. The van der Waals surface area contributed by atoms with Crippen molar-refractivity contribution >= 4 is 28.6 Å². The summed E-state index contributed by atoms with van der Waals surface area (Å²) in [7, 11) is 0. The van der Waals surface area contributed by atoms with Crippen molar-refractivity contribution in [3.63, 3.8) is 0 Å². The molecule has 0 bridgehead atoms. The predicted octanol–water partition coefficient (Wildman–Crippen LogP) is 2.89. The summed E-state index contributed by atoms with van der Waals surface area (Å²) in [4.78, 5) is 29.1. The van der Waals surface area contributed by atoms with Gasteiger partial charge in [0.15, 0.2) is 0 Å². The molecule has 1 aromatic carbocycles. The Balaban J connectivity index is 1.55. The second-order valence-corrected chi connectivity index (χ2v) is 6.61. The van der Waals surface area contributed by atoms with E-state index in [1.54, 1.807) is 4.90 Å². The standard InChI is InChI=1S/C17H19N3O3/c21-15(22)17-7-2-3-11(17)9-20(10-17)16(23)19-14-5-1-4-13-12(14)6-8-18-13/h1,4-6,8,11,18H,2-3,7,9-10H2,(H,19,23)(H,21,22)/t11-,17+/m0/s1. The number of likely N-dealkylation sites (tertiary alicyclic amines) is 1. The van der Waals surface area contributed by atoms with Crippen LogP contribution in [0.4, 0.5) is 10.5 Å². The van der Waals surface area contributed by atoms with Gasteiger partial charge in [0.1, 0.15) is 0 Å². The second-order valence-electron chi connectivity index (χ2n) is 6.61. The maximum atomic E-state index is 12.6. The molecule has 2 aliphatic rings. The second kappa shape index (κ2) is 5.01. The summed E-state index contributed by atoms with van der Waals surface area (Å²) in [5, 5.41) is 13.5. The Kier molecular flexibility index (Phi) is 3.07. The normalized spacial score (nSPS) is 26.4. The number of aliphatic carboxylic acids is 1. The molecule has 1 aromatic heterocycles. The number of benzene rings is 1. The summed E-state index contributed by atoms with van der Waals surface area (Å²) >= 11 is 0. The number of carbonyl (C=O) groups excluding carboxylic acids is 1. The highest BCUT2D eigenvalue weighted by Crippen LogP contribution is 2.49. The van der Waals surface area contributed by atoms with Gasteiger partial charge < -0.3 is 20.3 Å². The topological polar surface area (TPSA) is 85.4 Å². The molecule has 2 amide bonds. The average Bonchev–Trinajstić information content (AvgIpc) is 3.21. The third-order valence-electron chi connectivity index (χ3n) is 5.42. The van der Waals surface area contributed by atoms with Crippen LogP contribution >= 0.6 is 0 Å². The van der Waals surface area contributed by atoms with Crippen molar-refractivity contribution in [3.05, 3.63) is 30.5 Å². The van der Waals surface area contributed by atoms with E-state index in [0.717, 1.165) is 29.4 Å². The van der Waals surface area contributed by atoms with Crippen LogP contribution in [0.3, 0.4) is 0 Å². The molecule has 0 unspecified atom stereocenters. The van der Waals surface area contributed by atoms with Crippen molar-refractivity contribution in [1.29, 1.82) is 0 Å². The quantitative estimate of drug-likeness (QED) is 0.797. The van der Waals surface area contributed by atoms with Crippen LogP contribution in [0, 0.1) is 11.3 Å². The fourth-order valence-electron chi connectivity index (χ4n) is 4.18. The Labute approximate surface area is 133 Å². The molecule has 1 saturated heterocycles. The number of rotatable bonds is 2. The van der Waals surface area contributed by atoms with E-state index in [1.807, 2.05) is 30.5 Å². The number of hydrogen-bond donors (Lipinski definition) is 3. The fourth-order valence-corrected chi connectivity index (χ4v) is 4.18. The molecule has 0 spiro atoms. The zero-order chi connectivity index (χ0) is 16.0. The Morgan fingerprint density at radius 3 is 3.00 bits per heavy atom. The molecule has 3 N–H and O–H groups in total. The molecule has 1 saturated carbocycles. The lowest BCUT2D eigenvalue weighted by molar-refractivity contribution is -0.149. The molecule has 6 heteroatoms. The van der Waals surface area contributed by atoms with Gasteiger partial charge in [0.25, 0.3) is 0 Å². The van der Waals surface area contributed by atoms with Gasteiger partial charge in [0.2, 0.25) is 0 Å². The molecular weight excluding hydrogens is 294 g/mol. The number of carbonyl (C=O) groups is 2. The number of urea groups is 1. The van der Waals surface area contributed by atoms with Gasteiger partial charge in [-0.25, -0.2) is 4.79 Å². The third kappa shape index (κ3) is 2.09. The summed E-state index contributed by atoms with van der Waals surface area (Å²) in [6, 6.07) is 7.39. The van der Waals surface area contributed by atoms with Crippen molar-refractivity contribution in [2.24, 2.45) is 11.3 Å². The minimum Gasteiger partial charge on any atom is -0.481 e. The molecular formula is C17H19N3O3. The Bertz CT molecular complexity index is 784. The molecule has 120 valence electrons. The Morgan fingerprint density at radius 2 is 2.22 bits per heavy atom. The first-order valence-corrected chi connectivity index (χ1v) is 7.95. The van der Waals surface area contributed by atoms with Crippen molar-refractivity contribution in [2.75, 3.05) is 18.4 Å². The molecule has 2 atom stereocenters.